The second-order valence-corrected chi connectivity index (χ2v) is 3.95. The Kier molecular flexibility index (Phi) is 3.19. The van der Waals surface area contributed by atoms with Crippen molar-refractivity contribution in [1.82, 2.24) is 10.3 Å². The Balaban J connectivity index is 2.30. The number of nitrogens with zero attached hydrogens (tertiary/aromatic N) is 2. The minimum atomic E-state index is -0.383. The fraction of sp³-hybridized carbons (Fsp3) is 0.300. The van der Waals surface area contributed by atoms with Crippen molar-refractivity contribution in [3.8, 4) is 0 Å². The first kappa shape index (κ1) is 11.1. The minimum absolute atomic E-state index is 0.231. The normalized spacial score (nSPS) is 16.2. The average Bonchev–Trinajstić information content (AvgIpc) is 2.29. The third-order valence-corrected chi connectivity index (χ3v) is 2.98. The Hall–Kier alpha value is -1.43. The van der Waals surface area contributed by atoms with E-state index in [0.29, 0.717) is 18.3 Å². The van der Waals surface area contributed by atoms with E-state index in [1.54, 1.807) is 12.4 Å². The highest BCUT2D eigenvalue weighted by atomic mass is 79.9. The lowest BCUT2D eigenvalue weighted by Crippen LogP contribution is -2.49. The third kappa shape index (κ3) is 2.06. The number of pyridine rings is 1. The van der Waals surface area contributed by atoms with Crippen LogP contribution in [0.1, 0.15) is 12.0 Å². The fourth-order valence-electron chi connectivity index (χ4n) is 1.56. The highest BCUT2D eigenvalue weighted by Crippen LogP contribution is 2.22. The van der Waals surface area contributed by atoms with Gasteiger partial charge < -0.3 is 0 Å². The monoisotopic (exact) mass is 283 g/mol. The number of imide groups is 1. The first-order valence-electron chi connectivity index (χ1n) is 4.82. The molecule has 1 aliphatic rings. The SMILES string of the molecule is O=C1CCN(c2cnccc2CBr)C(=O)N1. The zero-order valence-corrected chi connectivity index (χ0v) is 10.0. The number of hydrogen-bond acceptors (Lipinski definition) is 3. The van der Waals surface area contributed by atoms with Crippen LogP contribution in [-0.2, 0) is 10.1 Å². The number of nitrogens with one attached hydrogen (secondary N) is 1. The molecule has 1 N–H and O–H groups in total. The number of carbonyl (C=O) groups excluding carboxylic acids is 2. The molecule has 3 amide bonds. The molecule has 6 heteroatoms. The van der Waals surface area contributed by atoms with Gasteiger partial charge in [0.25, 0.3) is 0 Å². The van der Waals surface area contributed by atoms with Gasteiger partial charge in [-0.2, -0.15) is 0 Å². The van der Waals surface area contributed by atoms with Gasteiger partial charge >= 0.3 is 6.03 Å². The van der Waals surface area contributed by atoms with Gasteiger partial charge in [-0.25, -0.2) is 4.79 Å². The summed E-state index contributed by atoms with van der Waals surface area (Å²) in [6.45, 7) is 0.399. The van der Waals surface area contributed by atoms with E-state index in [9.17, 15) is 9.59 Å². The number of halogens is 1. The zero-order chi connectivity index (χ0) is 11.5. The zero-order valence-electron chi connectivity index (χ0n) is 8.44. The molecule has 0 bridgehead atoms. The van der Waals surface area contributed by atoms with E-state index >= 15 is 0 Å². The molecule has 1 saturated heterocycles. The Morgan fingerprint density at radius 1 is 1.50 bits per heavy atom. The van der Waals surface area contributed by atoms with Crippen LogP contribution in [0.5, 0.6) is 0 Å². The molecule has 1 aromatic rings. The number of carbonyl (C=O) groups is 2. The summed E-state index contributed by atoms with van der Waals surface area (Å²) < 4.78 is 0. The maximum absolute atomic E-state index is 11.6. The van der Waals surface area contributed by atoms with Crippen LogP contribution in [0.4, 0.5) is 10.5 Å². The van der Waals surface area contributed by atoms with Crippen molar-refractivity contribution in [2.24, 2.45) is 0 Å². The summed E-state index contributed by atoms with van der Waals surface area (Å²) in [6, 6.07) is 1.46. The van der Waals surface area contributed by atoms with Crippen LogP contribution in [-0.4, -0.2) is 23.5 Å². The number of hydrogen-bond donors (Lipinski definition) is 1. The van der Waals surface area contributed by atoms with E-state index in [1.165, 1.54) is 4.90 Å². The van der Waals surface area contributed by atoms with Gasteiger partial charge in [-0.1, -0.05) is 15.9 Å². The number of alkyl halides is 1. The summed E-state index contributed by atoms with van der Waals surface area (Å²) in [4.78, 5) is 28.2. The Morgan fingerprint density at radius 3 is 3.00 bits per heavy atom. The Bertz CT molecular complexity index is 436. The number of urea groups is 1. The summed E-state index contributed by atoms with van der Waals surface area (Å²) in [5, 5.41) is 2.93. The summed E-state index contributed by atoms with van der Waals surface area (Å²) in [7, 11) is 0. The predicted molar refractivity (Wildman–Crippen MR) is 62.4 cm³/mol. The molecule has 1 aromatic heterocycles. The van der Waals surface area contributed by atoms with Crippen molar-refractivity contribution >= 4 is 33.6 Å². The number of amides is 3. The van der Waals surface area contributed by atoms with Crippen molar-refractivity contribution in [3.63, 3.8) is 0 Å². The van der Waals surface area contributed by atoms with E-state index in [2.05, 4.69) is 26.2 Å². The second-order valence-electron chi connectivity index (χ2n) is 3.39. The molecule has 0 aromatic carbocycles. The van der Waals surface area contributed by atoms with Gasteiger partial charge in [0.05, 0.1) is 11.9 Å². The molecule has 2 heterocycles. The van der Waals surface area contributed by atoms with Crippen molar-refractivity contribution < 1.29 is 9.59 Å². The van der Waals surface area contributed by atoms with Crippen molar-refractivity contribution in [3.05, 3.63) is 24.0 Å². The standard InChI is InChI=1S/C10H10BrN3O2/c11-5-7-1-3-12-6-8(7)14-4-2-9(15)13-10(14)16/h1,3,6H,2,4-5H2,(H,13,15,16). The lowest BCUT2D eigenvalue weighted by molar-refractivity contribution is -0.120. The van der Waals surface area contributed by atoms with E-state index < -0.39 is 0 Å². The van der Waals surface area contributed by atoms with Gasteiger partial charge in [0.1, 0.15) is 0 Å². The summed E-state index contributed by atoms with van der Waals surface area (Å²) in [5.41, 5.74) is 1.71. The average molecular weight is 284 g/mol. The smallest absolute Gasteiger partial charge is 0.292 e. The number of anilines is 1. The van der Waals surface area contributed by atoms with E-state index in [4.69, 9.17) is 0 Å². The maximum atomic E-state index is 11.6. The van der Waals surface area contributed by atoms with Crippen molar-refractivity contribution in [2.45, 2.75) is 11.8 Å². The molecule has 1 fully saturated rings. The topological polar surface area (TPSA) is 62.3 Å². The van der Waals surface area contributed by atoms with E-state index in [-0.39, 0.29) is 11.9 Å². The van der Waals surface area contributed by atoms with Gasteiger partial charge in [0.2, 0.25) is 5.91 Å². The van der Waals surface area contributed by atoms with Gasteiger partial charge in [-0.15, -0.1) is 0 Å². The Labute approximate surface area is 101 Å². The van der Waals surface area contributed by atoms with Crippen LogP contribution < -0.4 is 10.2 Å². The molecule has 0 radical (unpaired) electrons. The van der Waals surface area contributed by atoms with Crippen LogP contribution in [0.2, 0.25) is 0 Å². The molecule has 84 valence electrons. The minimum Gasteiger partial charge on any atom is -0.292 e. The molecule has 1 aliphatic heterocycles. The van der Waals surface area contributed by atoms with E-state index in [0.717, 1.165) is 11.3 Å². The van der Waals surface area contributed by atoms with Gasteiger partial charge in [-0.3, -0.25) is 20.0 Å². The van der Waals surface area contributed by atoms with Crippen molar-refractivity contribution in [2.75, 3.05) is 11.4 Å². The molecule has 16 heavy (non-hydrogen) atoms. The molecular formula is C10H10BrN3O2. The summed E-state index contributed by atoms with van der Waals surface area (Å²) in [6.07, 6.45) is 3.63. The first-order chi connectivity index (χ1) is 7.72. The molecule has 0 aliphatic carbocycles. The highest BCUT2D eigenvalue weighted by Gasteiger charge is 2.25. The molecule has 0 spiro atoms. The van der Waals surface area contributed by atoms with Crippen molar-refractivity contribution in [1.29, 1.82) is 0 Å². The van der Waals surface area contributed by atoms with E-state index in [1.807, 2.05) is 6.07 Å². The number of rotatable bonds is 2. The molecule has 5 nitrogen and oxygen atoms in total. The van der Waals surface area contributed by atoms with Crippen LogP contribution in [0, 0.1) is 0 Å². The summed E-state index contributed by atoms with van der Waals surface area (Å²) in [5.74, 6) is -0.231. The first-order valence-corrected chi connectivity index (χ1v) is 5.94. The lowest BCUT2D eigenvalue weighted by atomic mass is 10.2. The molecule has 0 atom stereocenters. The molecule has 0 unspecified atom stereocenters. The largest absolute Gasteiger partial charge is 0.328 e. The lowest BCUT2D eigenvalue weighted by Gasteiger charge is -2.27. The fourth-order valence-corrected chi connectivity index (χ4v) is 2.04. The number of aromatic nitrogens is 1. The third-order valence-electron chi connectivity index (χ3n) is 2.38. The Morgan fingerprint density at radius 2 is 2.31 bits per heavy atom. The van der Waals surface area contributed by atoms with Gasteiger partial charge in [0.15, 0.2) is 0 Å². The predicted octanol–water partition coefficient (Wildman–Crippen LogP) is 1.42. The maximum Gasteiger partial charge on any atom is 0.328 e. The quantitative estimate of drug-likeness (QED) is 0.835. The highest BCUT2D eigenvalue weighted by molar-refractivity contribution is 9.08. The molecule has 2 rings (SSSR count). The van der Waals surface area contributed by atoms with Crippen LogP contribution in [0.15, 0.2) is 18.5 Å². The molecule has 0 saturated carbocycles. The second kappa shape index (κ2) is 4.61. The summed E-state index contributed by atoms with van der Waals surface area (Å²) >= 11 is 3.35. The van der Waals surface area contributed by atoms with Crippen LogP contribution >= 0.6 is 15.9 Å². The molecular weight excluding hydrogens is 274 g/mol. The van der Waals surface area contributed by atoms with Gasteiger partial charge in [0, 0.05) is 24.5 Å². The van der Waals surface area contributed by atoms with Gasteiger partial charge in [-0.05, 0) is 11.6 Å². The van der Waals surface area contributed by atoms with Crippen LogP contribution in [0.3, 0.4) is 0 Å². The van der Waals surface area contributed by atoms with Crippen LogP contribution in [0.25, 0.3) is 0 Å².